The van der Waals surface area contributed by atoms with E-state index in [1.165, 1.54) is 10.7 Å². The second-order valence-electron chi connectivity index (χ2n) is 5.77. The van der Waals surface area contributed by atoms with E-state index in [9.17, 15) is 9.59 Å². The normalized spacial score (nSPS) is 10.7. The molecule has 0 saturated heterocycles. The Kier molecular flexibility index (Phi) is 5.17. The van der Waals surface area contributed by atoms with Gasteiger partial charge in [-0.2, -0.15) is 0 Å². The molecule has 2 heterocycles. The first kappa shape index (κ1) is 18.5. The third-order valence-electron chi connectivity index (χ3n) is 3.90. The number of thioether (sulfide) groups is 1. The van der Waals surface area contributed by atoms with E-state index in [0.29, 0.717) is 16.5 Å². The highest BCUT2D eigenvalue weighted by molar-refractivity contribution is 7.99. The highest BCUT2D eigenvalue weighted by atomic mass is 32.2. The summed E-state index contributed by atoms with van der Waals surface area (Å²) < 4.78 is 3.20. The van der Waals surface area contributed by atoms with Crippen molar-refractivity contribution in [1.29, 1.82) is 0 Å². The monoisotopic (exact) mass is 385 g/mol. The van der Waals surface area contributed by atoms with E-state index in [1.807, 2.05) is 30.3 Å². The molecule has 3 rings (SSSR count). The molecule has 0 fully saturated rings. The minimum absolute atomic E-state index is 0.0159. The number of hydrogen-bond acceptors (Lipinski definition) is 7. The molecule has 1 aromatic carbocycles. The summed E-state index contributed by atoms with van der Waals surface area (Å²) in [5.74, 6) is 0.128. The van der Waals surface area contributed by atoms with Crippen molar-refractivity contribution < 1.29 is 4.79 Å². The second kappa shape index (κ2) is 7.54. The Morgan fingerprint density at radius 2 is 1.81 bits per heavy atom. The van der Waals surface area contributed by atoms with Gasteiger partial charge in [0, 0.05) is 13.1 Å². The second-order valence-corrected chi connectivity index (χ2v) is 6.72. The number of nitrogens with one attached hydrogen (secondary N) is 1. The lowest BCUT2D eigenvalue weighted by Crippen LogP contribution is -2.23. The number of nitrogens with zero attached hydrogens (tertiary/aromatic N) is 4. The van der Waals surface area contributed by atoms with Crippen LogP contribution in [0.25, 0.3) is 5.69 Å². The molecule has 0 spiro atoms. The van der Waals surface area contributed by atoms with Crippen LogP contribution in [-0.2, 0) is 11.8 Å². The molecule has 10 heteroatoms. The highest BCUT2D eigenvalue weighted by Crippen LogP contribution is 2.18. The Morgan fingerprint density at radius 1 is 1.19 bits per heavy atom. The largest absolute Gasteiger partial charge is 0.383 e. The smallest absolute Gasteiger partial charge is 0.295 e. The average Bonchev–Trinajstić information content (AvgIpc) is 2.83. The SMILES string of the molecule is Cc1c(NC(=O)CSc2nc(N)cc(N)n2)c(=O)n(-c2ccccc2)n1C. The predicted octanol–water partition coefficient (Wildman–Crippen LogP) is 1.17. The zero-order valence-corrected chi connectivity index (χ0v) is 15.7. The summed E-state index contributed by atoms with van der Waals surface area (Å²) in [6, 6.07) is 10.6. The first-order chi connectivity index (χ1) is 12.9. The fraction of sp³-hybridized carbons (Fsp3) is 0.176. The summed E-state index contributed by atoms with van der Waals surface area (Å²) in [5, 5.41) is 2.98. The molecule has 9 nitrogen and oxygen atoms in total. The number of benzene rings is 1. The molecule has 0 unspecified atom stereocenters. The van der Waals surface area contributed by atoms with Gasteiger partial charge in [0.25, 0.3) is 5.56 Å². The number of rotatable bonds is 5. The van der Waals surface area contributed by atoms with Crippen molar-refractivity contribution in [3.8, 4) is 5.69 Å². The fourth-order valence-electron chi connectivity index (χ4n) is 2.54. The van der Waals surface area contributed by atoms with Gasteiger partial charge in [-0.1, -0.05) is 30.0 Å². The number of para-hydroxylation sites is 1. The van der Waals surface area contributed by atoms with Gasteiger partial charge in [-0.3, -0.25) is 14.3 Å². The molecule has 5 N–H and O–H groups in total. The highest BCUT2D eigenvalue weighted by Gasteiger charge is 2.18. The van der Waals surface area contributed by atoms with E-state index in [4.69, 9.17) is 11.5 Å². The van der Waals surface area contributed by atoms with Crippen molar-refractivity contribution in [3.63, 3.8) is 0 Å². The number of anilines is 3. The van der Waals surface area contributed by atoms with Crippen LogP contribution in [0.1, 0.15) is 5.69 Å². The maximum absolute atomic E-state index is 12.8. The van der Waals surface area contributed by atoms with E-state index < -0.39 is 0 Å². The minimum atomic E-state index is -0.351. The molecule has 0 saturated carbocycles. The summed E-state index contributed by atoms with van der Waals surface area (Å²) in [5.41, 5.74) is 12.5. The zero-order valence-electron chi connectivity index (χ0n) is 14.8. The van der Waals surface area contributed by atoms with Gasteiger partial charge in [0.15, 0.2) is 5.16 Å². The van der Waals surface area contributed by atoms with Crippen LogP contribution < -0.4 is 22.3 Å². The van der Waals surface area contributed by atoms with Crippen LogP contribution in [0.2, 0.25) is 0 Å². The molecule has 0 atom stereocenters. The van der Waals surface area contributed by atoms with Crippen molar-refractivity contribution in [1.82, 2.24) is 19.3 Å². The molecule has 0 aliphatic heterocycles. The Morgan fingerprint density at radius 3 is 2.44 bits per heavy atom. The molecule has 1 amide bonds. The van der Waals surface area contributed by atoms with E-state index >= 15 is 0 Å². The third-order valence-corrected chi connectivity index (χ3v) is 4.74. The van der Waals surface area contributed by atoms with Gasteiger partial charge in [0.2, 0.25) is 5.91 Å². The Bertz CT molecular complexity index is 1020. The summed E-state index contributed by atoms with van der Waals surface area (Å²) in [4.78, 5) is 33.1. The van der Waals surface area contributed by atoms with Crippen LogP contribution in [-0.4, -0.2) is 31.0 Å². The number of amides is 1. The number of hydrogen-bond donors (Lipinski definition) is 3. The van der Waals surface area contributed by atoms with Crippen molar-refractivity contribution in [3.05, 3.63) is 52.4 Å². The van der Waals surface area contributed by atoms with Gasteiger partial charge in [-0.15, -0.1) is 0 Å². The van der Waals surface area contributed by atoms with Crippen LogP contribution in [0.4, 0.5) is 17.3 Å². The fourth-order valence-corrected chi connectivity index (χ4v) is 3.22. The molecular formula is C17H19N7O2S. The van der Waals surface area contributed by atoms with E-state index in [2.05, 4.69) is 15.3 Å². The summed E-state index contributed by atoms with van der Waals surface area (Å²) in [7, 11) is 1.76. The van der Waals surface area contributed by atoms with Gasteiger partial charge in [-0.05, 0) is 19.1 Å². The van der Waals surface area contributed by atoms with E-state index in [1.54, 1.807) is 18.7 Å². The number of aromatic nitrogens is 4. The first-order valence-electron chi connectivity index (χ1n) is 8.03. The topological polar surface area (TPSA) is 134 Å². The van der Waals surface area contributed by atoms with Crippen molar-refractivity contribution >= 4 is 35.0 Å². The average molecular weight is 385 g/mol. The number of nitrogens with two attached hydrogens (primary N) is 2. The maximum Gasteiger partial charge on any atom is 0.295 e. The van der Waals surface area contributed by atoms with Crippen LogP contribution in [0, 0.1) is 6.92 Å². The lowest BCUT2D eigenvalue weighted by Gasteiger charge is -2.07. The molecule has 27 heavy (non-hydrogen) atoms. The van der Waals surface area contributed by atoms with Crippen molar-refractivity contribution in [2.45, 2.75) is 12.1 Å². The lowest BCUT2D eigenvalue weighted by molar-refractivity contribution is -0.113. The molecular weight excluding hydrogens is 366 g/mol. The molecule has 2 aromatic heterocycles. The Labute approximate surface area is 159 Å². The minimum Gasteiger partial charge on any atom is -0.383 e. The van der Waals surface area contributed by atoms with Crippen molar-refractivity contribution in [2.24, 2.45) is 7.05 Å². The molecule has 0 aliphatic carbocycles. The zero-order chi connectivity index (χ0) is 19.6. The lowest BCUT2D eigenvalue weighted by atomic mass is 10.3. The molecule has 140 valence electrons. The van der Waals surface area contributed by atoms with Gasteiger partial charge in [0.05, 0.1) is 17.1 Å². The predicted molar refractivity (Wildman–Crippen MR) is 106 cm³/mol. The number of carbonyl (C=O) groups is 1. The molecule has 3 aromatic rings. The van der Waals surface area contributed by atoms with Crippen LogP contribution in [0.3, 0.4) is 0 Å². The van der Waals surface area contributed by atoms with E-state index in [0.717, 1.165) is 11.8 Å². The summed E-state index contributed by atoms with van der Waals surface area (Å²) >= 11 is 1.09. The quantitative estimate of drug-likeness (QED) is 0.443. The number of nitrogen functional groups attached to an aromatic ring is 2. The van der Waals surface area contributed by atoms with Gasteiger partial charge in [0.1, 0.15) is 17.3 Å². The number of carbonyl (C=O) groups excluding carboxylic acids is 1. The third kappa shape index (κ3) is 3.95. The standard InChI is InChI=1S/C17H19N7O2S/c1-10-15(16(26)24(23(10)2)11-6-4-3-5-7-11)22-14(25)9-27-17-20-12(18)8-13(19)21-17/h3-8H,9H2,1-2H3,(H,22,25)(H4,18,19,20,21). The molecule has 0 aliphatic rings. The Hall–Kier alpha value is -3.27. The van der Waals surface area contributed by atoms with Crippen LogP contribution in [0.5, 0.6) is 0 Å². The van der Waals surface area contributed by atoms with Gasteiger partial charge >= 0.3 is 0 Å². The maximum atomic E-state index is 12.8. The Balaban J connectivity index is 1.77. The summed E-state index contributed by atoms with van der Waals surface area (Å²) in [6.07, 6.45) is 0. The molecule has 0 radical (unpaired) electrons. The van der Waals surface area contributed by atoms with Gasteiger partial charge in [-0.25, -0.2) is 14.6 Å². The van der Waals surface area contributed by atoms with Crippen LogP contribution >= 0.6 is 11.8 Å². The first-order valence-corrected chi connectivity index (χ1v) is 9.02. The molecule has 0 bridgehead atoms. The van der Waals surface area contributed by atoms with Gasteiger partial charge < -0.3 is 16.8 Å². The van der Waals surface area contributed by atoms with Crippen molar-refractivity contribution in [2.75, 3.05) is 22.5 Å². The van der Waals surface area contributed by atoms with Crippen LogP contribution in [0.15, 0.2) is 46.3 Å². The van der Waals surface area contributed by atoms with E-state index in [-0.39, 0.29) is 34.5 Å². The summed E-state index contributed by atoms with van der Waals surface area (Å²) in [6.45, 7) is 1.77.